The number of hydrogen-bond donors (Lipinski definition) is 1. The second-order valence-corrected chi connectivity index (χ2v) is 4.72. The average molecular weight is 243 g/mol. The van der Waals surface area contributed by atoms with Crippen LogP contribution < -0.4 is 5.73 Å². The van der Waals surface area contributed by atoms with E-state index in [9.17, 15) is 0 Å². The fourth-order valence-corrected chi connectivity index (χ4v) is 2.37. The maximum absolute atomic E-state index is 5.94. The summed E-state index contributed by atoms with van der Waals surface area (Å²) in [6, 6.07) is 10.8. The van der Waals surface area contributed by atoms with Crippen molar-refractivity contribution in [1.29, 1.82) is 0 Å². The fraction of sp³-hybridized carbons (Fsp3) is 0.400. The highest BCUT2D eigenvalue weighted by molar-refractivity contribution is 5.32. The van der Waals surface area contributed by atoms with Crippen LogP contribution in [-0.2, 0) is 13.5 Å². The zero-order chi connectivity index (χ0) is 13.1. The molecule has 2 aromatic rings. The topological polar surface area (TPSA) is 43.8 Å². The largest absolute Gasteiger partial charge is 0.329 e. The quantitative estimate of drug-likeness (QED) is 0.896. The van der Waals surface area contributed by atoms with Crippen LogP contribution in [0.1, 0.15) is 35.4 Å². The highest BCUT2D eigenvalue weighted by Gasteiger charge is 2.16. The summed E-state index contributed by atoms with van der Waals surface area (Å²) >= 11 is 0. The zero-order valence-electron chi connectivity index (χ0n) is 11.4. The second kappa shape index (κ2) is 5.36. The van der Waals surface area contributed by atoms with Crippen LogP contribution in [-0.4, -0.2) is 16.3 Å². The highest BCUT2D eigenvalue weighted by Crippen LogP contribution is 2.24. The van der Waals surface area contributed by atoms with E-state index in [4.69, 9.17) is 5.73 Å². The molecule has 0 aliphatic rings. The molecule has 3 heteroatoms. The van der Waals surface area contributed by atoms with Crippen LogP contribution >= 0.6 is 0 Å². The molecule has 1 heterocycles. The fourth-order valence-electron chi connectivity index (χ4n) is 2.37. The monoisotopic (exact) mass is 243 g/mol. The molecule has 1 aromatic heterocycles. The van der Waals surface area contributed by atoms with Crippen molar-refractivity contribution in [2.75, 3.05) is 6.54 Å². The molecule has 3 nitrogen and oxygen atoms in total. The molecule has 1 aromatic carbocycles. The summed E-state index contributed by atoms with van der Waals surface area (Å²) < 4.78 is 1.93. The maximum atomic E-state index is 5.94. The summed E-state index contributed by atoms with van der Waals surface area (Å²) in [5, 5.41) is 4.40. The number of benzene rings is 1. The van der Waals surface area contributed by atoms with Crippen molar-refractivity contribution in [3.05, 3.63) is 52.8 Å². The summed E-state index contributed by atoms with van der Waals surface area (Å²) in [4.78, 5) is 0. The summed E-state index contributed by atoms with van der Waals surface area (Å²) in [5.41, 5.74) is 10.8. The number of aromatic nitrogens is 2. The summed E-state index contributed by atoms with van der Waals surface area (Å²) in [7, 11) is 1.98. The highest BCUT2D eigenvalue weighted by atomic mass is 15.3. The first-order valence-electron chi connectivity index (χ1n) is 6.45. The van der Waals surface area contributed by atoms with E-state index in [1.165, 1.54) is 16.8 Å². The van der Waals surface area contributed by atoms with Gasteiger partial charge in [-0.2, -0.15) is 5.10 Å². The molecule has 0 amide bonds. The Morgan fingerprint density at radius 3 is 2.39 bits per heavy atom. The van der Waals surface area contributed by atoms with Gasteiger partial charge in [-0.1, -0.05) is 31.2 Å². The predicted octanol–water partition coefficient (Wildman–Crippen LogP) is 2.38. The normalized spacial score (nSPS) is 12.7. The molecule has 96 valence electrons. The lowest BCUT2D eigenvalue weighted by molar-refractivity contribution is 0.660. The van der Waals surface area contributed by atoms with E-state index in [1.807, 2.05) is 18.7 Å². The lowest BCUT2D eigenvalue weighted by atomic mass is 9.94. The van der Waals surface area contributed by atoms with Gasteiger partial charge in [-0.3, -0.25) is 4.68 Å². The maximum Gasteiger partial charge on any atom is 0.0596 e. The first kappa shape index (κ1) is 12.8. The minimum absolute atomic E-state index is 0.224. The molecule has 2 N–H and O–H groups in total. The zero-order valence-corrected chi connectivity index (χ0v) is 11.4. The Labute approximate surface area is 109 Å². The molecule has 0 fully saturated rings. The summed E-state index contributed by atoms with van der Waals surface area (Å²) in [6.45, 7) is 4.78. The number of nitrogens with two attached hydrogens (primary N) is 1. The van der Waals surface area contributed by atoms with Gasteiger partial charge < -0.3 is 5.73 Å². The van der Waals surface area contributed by atoms with Crippen LogP contribution in [0.3, 0.4) is 0 Å². The Bertz CT molecular complexity index is 511. The lowest BCUT2D eigenvalue weighted by Gasteiger charge is -2.16. The molecule has 18 heavy (non-hydrogen) atoms. The van der Waals surface area contributed by atoms with Crippen molar-refractivity contribution < 1.29 is 0 Å². The molecule has 0 radical (unpaired) electrons. The van der Waals surface area contributed by atoms with Gasteiger partial charge in [0, 0.05) is 25.2 Å². The van der Waals surface area contributed by atoms with E-state index in [0.29, 0.717) is 6.54 Å². The minimum atomic E-state index is 0.224. The molecule has 0 bridgehead atoms. The smallest absolute Gasteiger partial charge is 0.0596 e. The van der Waals surface area contributed by atoms with Gasteiger partial charge in [-0.25, -0.2) is 0 Å². The molecular weight excluding hydrogens is 222 g/mol. The van der Waals surface area contributed by atoms with E-state index in [2.05, 4.69) is 42.4 Å². The van der Waals surface area contributed by atoms with Crippen molar-refractivity contribution in [3.8, 4) is 0 Å². The first-order valence-corrected chi connectivity index (χ1v) is 6.45. The number of nitrogens with zero attached hydrogens (tertiary/aromatic N) is 2. The Kier molecular flexibility index (Phi) is 3.82. The van der Waals surface area contributed by atoms with Gasteiger partial charge in [0.05, 0.1) is 5.69 Å². The third kappa shape index (κ3) is 2.46. The summed E-state index contributed by atoms with van der Waals surface area (Å²) in [5.74, 6) is 0.224. The predicted molar refractivity (Wildman–Crippen MR) is 74.7 cm³/mol. The molecular formula is C15H21N3. The average Bonchev–Trinajstić information content (AvgIpc) is 2.70. The molecule has 0 aliphatic carbocycles. The van der Waals surface area contributed by atoms with E-state index in [-0.39, 0.29) is 5.92 Å². The minimum Gasteiger partial charge on any atom is -0.329 e. The molecule has 1 atom stereocenters. The molecule has 0 saturated carbocycles. The van der Waals surface area contributed by atoms with Gasteiger partial charge >= 0.3 is 0 Å². The molecule has 1 unspecified atom stereocenters. The van der Waals surface area contributed by atoms with Crippen LogP contribution in [0.25, 0.3) is 0 Å². The van der Waals surface area contributed by atoms with Crippen LogP contribution in [0, 0.1) is 6.92 Å². The Morgan fingerprint density at radius 1 is 1.28 bits per heavy atom. The van der Waals surface area contributed by atoms with Gasteiger partial charge in [0.2, 0.25) is 0 Å². The summed E-state index contributed by atoms with van der Waals surface area (Å²) in [6.07, 6.45) is 1.07. The van der Waals surface area contributed by atoms with E-state index >= 15 is 0 Å². The van der Waals surface area contributed by atoms with Crippen LogP contribution in [0.4, 0.5) is 0 Å². The second-order valence-electron chi connectivity index (χ2n) is 4.72. The molecule has 0 saturated heterocycles. The van der Waals surface area contributed by atoms with Gasteiger partial charge in [0.25, 0.3) is 0 Å². The van der Waals surface area contributed by atoms with E-state index in [1.54, 1.807) is 0 Å². The SMILES string of the molecule is CCc1ccc(C(CN)c2cc(C)nn2C)cc1. The van der Waals surface area contributed by atoms with Gasteiger partial charge in [0.15, 0.2) is 0 Å². The van der Waals surface area contributed by atoms with Crippen molar-refractivity contribution in [2.24, 2.45) is 12.8 Å². The van der Waals surface area contributed by atoms with Crippen molar-refractivity contribution >= 4 is 0 Å². The van der Waals surface area contributed by atoms with E-state index < -0.39 is 0 Å². The van der Waals surface area contributed by atoms with Crippen molar-refractivity contribution in [2.45, 2.75) is 26.2 Å². The molecule has 0 spiro atoms. The Hall–Kier alpha value is -1.61. The Balaban J connectivity index is 2.35. The Morgan fingerprint density at radius 2 is 1.94 bits per heavy atom. The number of hydrogen-bond acceptors (Lipinski definition) is 2. The van der Waals surface area contributed by atoms with E-state index in [0.717, 1.165) is 12.1 Å². The third-order valence-electron chi connectivity index (χ3n) is 3.42. The molecule has 0 aliphatic heterocycles. The van der Waals surface area contributed by atoms with Crippen LogP contribution in [0.5, 0.6) is 0 Å². The number of aryl methyl sites for hydroxylation is 3. The third-order valence-corrected chi connectivity index (χ3v) is 3.42. The van der Waals surface area contributed by atoms with Crippen LogP contribution in [0.2, 0.25) is 0 Å². The van der Waals surface area contributed by atoms with Gasteiger partial charge in [-0.15, -0.1) is 0 Å². The lowest BCUT2D eigenvalue weighted by Crippen LogP contribution is -2.17. The number of rotatable bonds is 4. The first-order chi connectivity index (χ1) is 8.65. The van der Waals surface area contributed by atoms with Gasteiger partial charge in [-0.05, 0) is 30.5 Å². The standard InChI is InChI=1S/C15H21N3/c1-4-12-5-7-13(8-6-12)14(10-16)15-9-11(2)17-18(15)3/h5-9,14H,4,10,16H2,1-3H3. The van der Waals surface area contributed by atoms with Crippen molar-refractivity contribution in [1.82, 2.24) is 9.78 Å². The van der Waals surface area contributed by atoms with Gasteiger partial charge in [0.1, 0.15) is 0 Å². The van der Waals surface area contributed by atoms with Crippen LogP contribution in [0.15, 0.2) is 30.3 Å². The molecule has 2 rings (SSSR count). The van der Waals surface area contributed by atoms with Crippen molar-refractivity contribution in [3.63, 3.8) is 0 Å².